The van der Waals surface area contributed by atoms with Crippen molar-refractivity contribution in [3.05, 3.63) is 11.9 Å². The third-order valence-electron chi connectivity index (χ3n) is 0.940. The summed E-state index contributed by atoms with van der Waals surface area (Å²) in [6.07, 6.45) is 0. The third-order valence-corrected chi connectivity index (χ3v) is 2.66. The van der Waals surface area contributed by atoms with Crippen molar-refractivity contribution in [1.82, 2.24) is 0 Å². The van der Waals surface area contributed by atoms with E-state index < -0.39 is 7.60 Å². The van der Waals surface area contributed by atoms with Gasteiger partial charge < -0.3 is 9.05 Å². The normalized spacial score (nSPS) is 10.5. The fourth-order valence-electron chi connectivity index (χ4n) is 0.356. The first-order chi connectivity index (χ1) is 4.60. The molecule has 0 aliphatic carbocycles. The summed E-state index contributed by atoms with van der Waals surface area (Å²) in [4.78, 5) is 0. The Morgan fingerprint density at radius 2 is 2.00 bits per heavy atom. The van der Waals surface area contributed by atoms with E-state index in [0.717, 1.165) is 0 Å². The first-order valence-electron chi connectivity index (χ1n) is 2.41. The number of hydrogen-bond acceptors (Lipinski definition) is 4. The molecule has 10 heavy (non-hydrogen) atoms. The van der Waals surface area contributed by atoms with E-state index in [1.807, 2.05) is 0 Å². The standard InChI is InChI=1S/C5H8NO3P/c1-5(4-6)10(7,8-2)9-3/h1H2,2-3H3. The Hall–Kier alpha value is -0.620. The zero-order valence-electron chi connectivity index (χ0n) is 5.83. The van der Waals surface area contributed by atoms with E-state index in [1.54, 1.807) is 6.07 Å². The van der Waals surface area contributed by atoms with Crippen molar-refractivity contribution in [2.45, 2.75) is 0 Å². The van der Waals surface area contributed by atoms with Crippen LogP contribution in [0.4, 0.5) is 0 Å². The highest BCUT2D eigenvalue weighted by molar-refractivity contribution is 7.58. The lowest BCUT2D eigenvalue weighted by Crippen LogP contribution is -1.88. The SMILES string of the molecule is C=C(C#N)P(=O)(OC)OC. The predicted molar refractivity (Wildman–Crippen MR) is 36.4 cm³/mol. The van der Waals surface area contributed by atoms with Gasteiger partial charge in [0.05, 0.1) is 0 Å². The van der Waals surface area contributed by atoms with Gasteiger partial charge in [-0.2, -0.15) is 5.26 Å². The van der Waals surface area contributed by atoms with Crippen molar-refractivity contribution < 1.29 is 13.6 Å². The van der Waals surface area contributed by atoms with E-state index in [9.17, 15) is 4.57 Å². The van der Waals surface area contributed by atoms with Crippen molar-refractivity contribution >= 4 is 7.60 Å². The zero-order valence-corrected chi connectivity index (χ0v) is 6.72. The number of allylic oxidation sites excluding steroid dienone is 1. The highest BCUT2D eigenvalue weighted by atomic mass is 31.2. The number of nitrogens with zero attached hydrogens (tertiary/aromatic N) is 1. The van der Waals surface area contributed by atoms with Gasteiger partial charge in [0.25, 0.3) is 0 Å². The Morgan fingerprint density at radius 1 is 1.60 bits per heavy atom. The molecule has 5 heteroatoms. The minimum atomic E-state index is -3.33. The highest BCUT2D eigenvalue weighted by Crippen LogP contribution is 2.53. The minimum absolute atomic E-state index is 0.183. The molecule has 0 aromatic rings. The molecule has 0 aromatic heterocycles. The molecule has 0 amide bonds. The molecule has 0 aliphatic heterocycles. The first kappa shape index (κ1) is 9.38. The van der Waals surface area contributed by atoms with Crippen LogP contribution in [0.25, 0.3) is 0 Å². The van der Waals surface area contributed by atoms with Gasteiger partial charge in [-0.1, -0.05) is 6.58 Å². The topological polar surface area (TPSA) is 59.3 Å². The molecule has 56 valence electrons. The molecular formula is C5H8NO3P. The van der Waals surface area contributed by atoms with Crippen LogP contribution < -0.4 is 0 Å². The molecule has 4 nitrogen and oxygen atoms in total. The Morgan fingerprint density at radius 3 is 2.10 bits per heavy atom. The quantitative estimate of drug-likeness (QED) is 0.465. The lowest BCUT2D eigenvalue weighted by atomic mass is 10.7. The average Bonchev–Trinajstić information content (AvgIpc) is 2.01. The fourth-order valence-corrected chi connectivity index (χ4v) is 1.07. The Bertz CT molecular complexity index is 209. The van der Waals surface area contributed by atoms with Crippen LogP contribution in [0, 0.1) is 11.3 Å². The van der Waals surface area contributed by atoms with Crippen LogP contribution in [-0.4, -0.2) is 14.2 Å². The van der Waals surface area contributed by atoms with Gasteiger partial charge in [0, 0.05) is 14.2 Å². The second-order valence-electron chi connectivity index (χ2n) is 1.42. The summed E-state index contributed by atoms with van der Waals surface area (Å²) in [5, 5.41) is 8.07. The molecule has 0 rings (SSSR count). The van der Waals surface area contributed by atoms with Crippen molar-refractivity contribution in [3.63, 3.8) is 0 Å². The summed E-state index contributed by atoms with van der Waals surface area (Å²) < 4.78 is 20.0. The van der Waals surface area contributed by atoms with E-state index in [-0.39, 0.29) is 5.31 Å². The third kappa shape index (κ3) is 1.68. The molecular weight excluding hydrogens is 153 g/mol. The summed E-state index contributed by atoms with van der Waals surface area (Å²) in [6, 6.07) is 1.60. The average molecular weight is 161 g/mol. The molecule has 0 bridgehead atoms. The largest absolute Gasteiger partial charge is 0.370 e. The van der Waals surface area contributed by atoms with Crippen LogP contribution in [0.3, 0.4) is 0 Å². The van der Waals surface area contributed by atoms with Crippen LogP contribution in [0.2, 0.25) is 0 Å². The molecule has 0 aromatic carbocycles. The van der Waals surface area contributed by atoms with Crippen LogP contribution >= 0.6 is 7.60 Å². The summed E-state index contributed by atoms with van der Waals surface area (Å²) in [5.74, 6) is 0. The molecule has 0 saturated carbocycles. The summed E-state index contributed by atoms with van der Waals surface area (Å²) in [6.45, 7) is 3.21. The predicted octanol–water partition coefficient (Wildman–Crippen LogP) is 1.51. The second-order valence-corrected chi connectivity index (χ2v) is 3.69. The number of nitriles is 1. The maximum Gasteiger partial charge on any atom is 0.370 e. The van der Waals surface area contributed by atoms with Crippen molar-refractivity contribution in [2.24, 2.45) is 0 Å². The van der Waals surface area contributed by atoms with Crippen LogP contribution in [0.5, 0.6) is 0 Å². The Labute approximate surface area is 59.6 Å². The molecule has 0 atom stereocenters. The van der Waals surface area contributed by atoms with Crippen LogP contribution in [0.1, 0.15) is 0 Å². The fraction of sp³-hybridized carbons (Fsp3) is 0.400. The monoisotopic (exact) mass is 161 g/mol. The van der Waals surface area contributed by atoms with Gasteiger partial charge >= 0.3 is 7.60 Å². The van der Waals surface area contributed by atoms with Gasteiger partial charge in [0.15, 0.2) is 0 Å². The van der Waals surface area contributed by atoms with Gasteiger partial charge in [0.1, 0.15) is 11.4 Å². The van der Waals surface area contributed by atoms with E-state index >= 15 is 0 Å². The van der Waals surface area contributed by atoms with Crippen molar-refractivity contribution in [1.29, 1.82) is 5.26 Å². The molecule has 0 fully saturated rings. The number of hydrogen-bond donors (Lipinski definition) is 0. The molecule has 0 N–H and O–H groups in total. The van der Waals surface area contributed by atoms with E-state index in [1.165, 1.54) is 14.2 Å². The molecule has 0 spiro atoms. The smallest absolute Gasteiger partial charge is 0.308 e. The molecule has 0 saturated heterocycles. The molecule has 0 unspecified atom stereocenters. The summed E-state index contributed by atoms with van der Waals surface area (Å²) >= 11 is 0. The minimum Gasteiger partial charge on any atom is -0.308 e. The number of rotatable bonds is 3. The van der Waals surface area contributed by atoms with E-state index in [4.69, 9.17) is 5.26 Å². The van der Waals surface area contributed by atoms with Gasteiger partial charge in [-0.3, -0.25) is 4.57 Å². The molecule has 0 aliphatic rings. The van der Waals surface area contributed by atoms with E-state index in [2.05, 4.69) is 15.6 Å². The maximum absolute atomic E-state index is 11.1. The van der Waals surface area contributed by atoms with Crippen molar-refractivity contribution in [3.8, 4) is 6.07 Å². The summed E-state index contributed by atoms with van der Waals surface area (Å²) in [7, 11) is -0.925. The first-order valence-corrected chi connectivity index (χ1v) is 3.96. The van der Waals surface area contributed by atoms with Gasteiger partial charge in [0.2, 0.25) is 0 Å². The maximum atomic E-state index is 11.1. The van der Waals surface area contributed by atoms with Crippen LogP contribution in [-0.2, 0) is 13.6 Å². The summed E-state index contributed by atoms with van der Waals surface area (Å²) in [5.41, 5.74) is 0. The van der Waals surface area contributed by atoms with E-state index in [0.29, 0.717) is 0 Å². The zero-order chi connectivity index (χ0) is 8.20. The highest BCUT2D eigenvalue weighted by Gasteiger charge is 2.25. The molecule has 0 radical (unpaired) electrons. The lowest BCUT2D eigenvalue weighted by Gasteiger charge is -2.09. The molecule has 0 heterocycles. The van der Waals surface area contributed by atoms with Gasteiger partial charge in [-0.05, 0) is 0 Å². The lowest BCUT2D eigenvalue weighted by molar-refractivity contribution is 0.284. The Balaban J connectivity index is 4.54. The van der Waals surface area contributed by atoms with Crippen molar-refractivity contribution in [2.75, 3.05) is 14.2 Å². The van der Waals surface area contributed by atoms with Gasteiger partial charge in [-0.15, -0.1) is 0 Å². The van der Waals surface area contributed by atoms with Gasteiger partial charge in [-0.25, -0.2) is 0 Å². The Kier molecular flexibility index (Phi) is 3.31. The second kappa shape index (κ2) is 3.52. The van der Waals surface area contributed by atoms with Crippen LogP contribution in [0.15, 0.2) is 11.9 Å².